The molecular weight excluding hydrogens is 1080 g/mol. The Hall–Kier alpha value is -2.52. The second-order valence-electron chi connectivity index (χ2n) is 20.0. The molecule has 0 heterocycles. The number of phenols is 2. The van der Waals surface area contributed by atoms with Gasteiger partial charge in [0.2, 0.25) is 0 Å². The Morgan fingerprint density at radius 2 is 0.621 bits per heavy atom. The summed E-state index contributed by atoms with van der Waals surface area (Å²) in [4.78, 5) is 0. The molecule has 0 unspecified atom stereocenters. The topological polar surface area (TPSA) is 58.9 Å². The van der Waals surface area contributed by atoms with E-state index in [9.17, 15) is 10.2 Å². The lowest BCUT2D eigenvalue weighted by molar-refractivity contribution is 0.0705. The molecule has 354 valence electrons. The highest BCUT2D eigenvalue weighted by Crippen LogP contribution is 2.60. The minimum atomic E-state index is 0.309. The Bertz CT molecular complexity index is 2010. The maximum Gasteiger partial charge on any atom is 0.119 e. The Morgan fingerprint density at radius 1 is 0.364 bits per heavy atom. The Morgan fingerprint density at radius 3 is 0.894 bits per heavy atom. The van der Waals surface area contributed by atoms with Crippen molar-refractivity contribution in [3.63, 3.8) is 0 Å². The van der Waals surface area contributed by atoms with E-state index in [0.29, 0.717) is 23.3 Å². The fourth-order valence-electron chi connectivity index (χ4n) is 12.9. The minimum absolute atomic E-state index is 0.309. The highest BCUT2D eigenvalue weighted by molar-refractivity contribution is 9.09. The first-order chi connectivity index (χ1) is 32.3. The Balaban J connectivity index is 0.000000166. The van der Waals surface area contributed by atoms with Gasteiger partial charge in [-0.15, -0.1) is 0 Å². The second-order valence-corrected chi connectivity index (χ2v) is 23.2. The third-order valence-corrected chi connectivity index (χ3v) is 17.6. The van der Waals surface area contributed by atoms with Gasteiger partial charge in [0.1, 0.15) is 23.0 Å². The summed E-state index contributed by atoms with van der Waals surface area (Å²) in [6.07, 6.45) is 21.0. The Labute approximate surface area is 429 Å². The van der Waals surface area contributed by atoms with Gasteiger partial charge in [0.15, 0.2) is 0 Å². The van der Waals surface area contributed by atoms with Crippen molar-refractivity contribution in [2.45, 2.75) is 103 Å². The van der Waals surface area contributed by atoms with Crippen molar-refractivity contribution in [2.24, 2.45) is 47.3 Å². The first-order valence-corrected chi connectivity index (χ1v) is 29.6. The second kappa shape index (κ2) is 24.9. The molecule has 0 spiro atoms. The molecule has 2 N–H and O–H groups in total. The van der Waals surface area contributed by atoms with Crippen molar-refractivity contribution in [3.8, 4) is 23.0 Å². The monoisotopic (exact) mass is 1150 g/mol. The van der Waals surface area contributed by atoms with Gasteiger partial charge in [-0.05, 0) is 232 Å². The number of ether oxygens (including phenoxy) is 2. The molecule has 8 fully saturated rings. The summed E-state index contributed by atoms with van der Waals surface area (Å²) < 4.78 is 12.0. The van der Waals surface area contributed by atoms with Crippen LogP contribution >= 0.6 is 63.7 Å². The van der Waals surface area contributed by atoms with Crippen LogP contribution in [0.4, 0.5) is 0 Å². The highest BCUT2D eigenvalue weighted by atomic mass is 79.9. The van der Waals surface area contributed by atoms with Crippen LogP contribution in [-0.4, -0.2) is 44.7 Å². The van der Waals surface area contributed by atoms with E-state index >= 15 is 0 Å². The molecule has 12 rings (SSSR count). The fourth-order valence-corrected chi connectivity index (χ4v) is 14.4. The number of rotatable bonds is 17. The quantitative estimate of drug-likeness (QED) is 0.0817. The third kappa shape index (κ3) is 12.8. The van der Waals surface area contributed by atoms with Crippen molar-refractivity contribution in [1.29, 1.82) is 0 Å². The summed E-state index contributed by atoms with van der Waals surface area (Å²) in [6.45, 7) is 1.56. The van der Waals surface area contributed by atoms with Crippen LogP contribution in [-0.2, 0) is 0 Å². The highest BCUT2D eigenvalue weighted by Gasteiger charge is 2.47. The molecule has 0 atom stereocenters. The molecule has 4 aromatic carbocycles. The van der Waals surface area contributed by atoms with Gasteiger partial charge in [-0.25, -0.2) is 0 Å². The molecule has 0 saturated heterocycles. The average Bonchev–Trinajstić information content (AvgIpc) is 3.32. The van der Waals surface area contributed by atoms with Crippen molar-refractivity contribution in [2.75, 3.05) is 34.5 Å². The van der Waals surface area contributed by atoms with E-state index < -0.39 is 0 Å². The van der Waals surface area contributed by atoms with E-state index in [0.717, 1.165) is 107 Å². The normalized spacial score (nSPS) is 25.2. The Kier molecular flexibility index (Phi) is 18.8. The molecule has 8 bridgehead atoms. The number of alkyl halides is 4. The molecule has 8 aliphatic carbocycles. The van der Waals surface area contributed by atoms with Crippen LogP contribution in [0.15, 0.2) is 108 Å². The van der Waals surface area contributed by atoms with Crippen molar-refractivity contribution < 1.29 is 19.7 Å². The van der Waals surface area contributed by atoms with Gasteiger partial charge in [-0.3, -0.25) is 0 Å². The number of phenolic OH excluding ortho intramolecular Hbond substituents is 2. The summed E-state index contributed by atoms with van der Waals surface area (Å²) in [5.41, 5.74) is 11.3. The van der Waals surface area contributed by atoms with E-state index in [1.165, 1.54) is 110 Å². The van der Waals surface area contributed by atoms with Gasteiger partial charge in [0.05, 0.1) is 13.2 Å². The van der Waals surface area contributed by atoms with Crippen molar-refractivity contribution in [3.05, 3.63) is 130 Å². The van der Waals surface area contributed by atoms with Crippen LogP contribution in [0.2, 0.25) is 0 Å². The van der Waals surface area contributed by atoms with Gasteiger partial charge in [0.25, 0.3) is 0 Å². The summed E-state index contributed by atoms with van der Waals surface area (Å²) in [5.74, 6) is 9.34. The zero-order valence-corrected chi connectivity index (χ0v) is 45.0. The molecule has 8 aliphatic rings. The number of halogens is 4. The summed E-state index contributed by atoms with van der Waals surface area (Å²) in [5, 5.41) is 23.8. The van der Waals surface area contributed by atoms with Crippen molar-refractivity contribution >= 4 is 74.9 Å². The lowest BCUT2D eigenvalue weighted by Gasteiger charge is -2.52. The number of hydrogen-bond donors (Lipinski definition) is 2. The van der Waals surface area contributed by atoms with E-state index in [1.807, 2.05) is 24.3 Å². The lowest BCUT2D eigenvalue weighted by atomic mass is 9.53. The smallest absolute Gasteiger partial charge is 0.119 e. The maximum absolute atomic E-state index is 9.71. The maximum atomic E-state index is 9.71. The predicted octanol–water partition coefficient (Wildman–Crippen LogP) is 17.0. The SMILES string of the molecule is BrCCCCBr.BrCCCCOc1ccc(C(=C2C3CC4CC(C3)CC2C4)c2ccc(OCCCCBr)cc2)cc1.Oc1ccc(C(=C2C3CC4CC(C3)CC2C4)c2ccc(O)cc2)cc1. The molecule has 0 aromatic heterocycles. The number of allylic oxidation sites excluding steroid dienone is 2. The number of hydrogen-bond acceptors (Lipinski definition) is 4. The van der Waals surface area contributed by atoms with Crippen molar-refractivity contribution in [1.82, 2.24) is 0 Å². The van der Waals surface area contributed by atoms with Crippen LogP contribution in [0.25, 0.3) is 11.1 Å². The molecule has 4 nitrogen and oxygen atoms in total. The van der Waals surface area contributed by atoms with Crippen LogP contribution in [0.1, 0.15) is 125 Å². The molecule has 4 aromatic rings. The molecule has 8 heteroatoms. The van der Waals surface area contributed by atoms with Crippen LogP contribution in [0.3, 0.4) is 0 Å². The van der Waals surface area contributed by atoms with Crippen LogP contribution in [0.5, 0.6) is 23.0 Å². The first-order valence-electron chi connectivity index (χ1n) is 25.1. The van der Waals surface area contributed by atoms with Gasteiger partial charge in [-0.1, -0.05) is 123 Å². The van der Waals surface area contributed by atoms with E-state index in [4.69, 9.17) is 9.47 Å². The molecular formula is C58H70Br4O4. The molecule has 66 heavy (non-hydrogen) atoms. The largest absolute Gasteiger partial charge is 0.508 e. The number of unbranched alkanes of at least 4 members (excludes halogenated alkanes) is 3. The minimum Gasteiger partial charge on any atom is -0.508 e. The van der Waals surface area contributed by atoms with E-state index in [1.54, 1.807) is 35.4 Å². The van der Waals surface area contributed by atoms with Gasteiger partial charge < -0.3 is 19.7 Å². The predicted molar refractivity (Wildman–Crippen MR) is 289 cm³/mol. The van der Waals surface area contributed by atoms with Crippen LogP contribution in [0, 0.1) is 47.3 Å². The third-order valence-electron chi connectivity index (χ3n) is 15.3. The van der Waals surface area contributed by atoms with Crippen LogP contribution < -0.4 is 9.47 Å². The fraction of sp³-hybridized carbons (Fsp3) is 0.517. The standard InChI is InChI=1S/C31H38Br2O2.C23H24O2.C4H8Br2/c32-13-1-3-15-34-28-9-5-24(6-10-28)30(25-7-11-29(12-8-25)35-16-4-2-14-33)31-26-18-22-17-23(20-26)21-27(31)19-22;24-20-5-1-16(2-6-20)22(17-3-7-21(25)8-4-17)23-18-10-14-9-15(12-18)13-19(23)11-14;5-3-1-2-4-6/h5-12,22-23,26-27H,1-4,13-21H2;1-8,14-15,18-19,24-25H,9-13H2;1-4H2. The number of benzene rings is 4. The zero-order chi connectivity index (χ0) is 45.8. The van der Waals surface area contributed by atoms with E-state index in [2.05, 4.69) is 112 Å². The number of aromatic hydroxyl groups is 2. The molecule has 0 aliphatic heterocycles. The zero-order valence-electron chi connectivity index (χ0n) is 38.6. The lowest BCUT2D eigenvalue weighted by Crippen LogP contribution is -2.40. The summed E-state index contributed by atoms with van der Waals surface area (Å²) >= 11 is 13.7. The summed E-state index contributed by atoms with van der Waals surface area (Å²) in [6, 6.07) is 33.1. The molecule has 0 radical (unpaired) electrons. The van der Waals surface area contributed by atoms with Gasteiger partial charge in [-0.2, -0.15) is 0 Å². The summed E-state index contributed by atoms with van der Waals surface area (Å²) in [7, 11) is 0. The first kappa shape index (κ1) is 49.9. The molecule has 0 amide bonds. The van der Waals surface area contributed by atoms with E-state index in [-0.39, 0.29) is 0 Å². The average molecular weight is 1150 g/mol. The van der Waals surface area contributed by atoms with Gasteiger partial charge >= 0.3 is 0 Å². The molecule has 8 saturated carbocycles. The van der Waals surface area contributed by atoms with Gasteiger partial charge in [0, 0.05) is 21.3 Å².